The van der Waals surface area contributed by atoms with Crippen LogP contribution in [-0.2, 0) is 0 Å². The molecular formula is C10H13Cl2NO. The molecule has 1 atom stereocenters. The highest BCUT2D eigenvalue weighted by atomic mass is 35.5. The lowest BCUT2D eigenvalue weighted by Crippen LogP contribution is -2.20. The predicted molar refractivity (Wildman–Crippen MR) is 60.6 cm³/mol. The van der Waals surface area contributed by atoms with E-state index in [-0.39, 0.29) is 12.4 Å². The summed E-state index contributed by atoms with van der Waals surface area (Å²) < 4.78 is 5.50. The summed E-state index contributed by atoms with van der Waals surface area (Å²) in [5.41, 5.74) is 6.86. The monoisotopic (exact) mass is 233 g/mol. The maximum Gasteiger partial charge on any atom is 0.124 e. The van der Waals surface area contributed by atoms with Gasteiger partial charge in [-0.1, -0.05) is 17.7 Å². The van der Waals surface area contributed by atoms with Gasteiger partial charge in [-0.3, -0.25) is 0 Å². The van der Waals surface area contributed by atoms with Gasteiger partial charge in [0.1, 0.15) is 5.75 Å². The predicted octanol–water partition coefficient (Wildman–Crippen LogP) is 2.59. The Balaban J connectivity index is 0.000000980. The Hall–Kier alpha value is -0.440. The van der Waals surface area contributed by atoms with Crippen molar-refractivity contribution < 1.29 is 4.74 Å². The van der Waals surface area contributed by atoms with Gasteiger partial charge in [0.25, 0.3) is 0 Å². The van der Waals surface area contributed by atoms with E-state index >= 15 is 0 Å². The van der Waals surface area contributed by atoms with Crippen LogP contribution < -0.4 is 10.5 Å². The smallest absolute Gasteiger partial charge is 0.124 e. The first-order valence-electron chi connectivity index (χ1n) is 4.43. The zero-order valence-electron chi connectivity index (χ0n) is 7.70. The van der Waals surface area contributed by atoms with Crippen molar-refractivity contribution in [3.8, 4) is 5.75 Å². The van der Waals surface area contributed by atoms with Crippen molar-refractivity contribution in [1.82, 2.24) is 0 Å². The van der Waals surface area contributed by atoms with E-state index in [2.05, 4.69) is 0 Å². The van der Waals surface area contributed by atoms with Gasteiger partial charge in [-0.05, 0) is 30.7 Å². The molecule has 0 saturated heterocycles. The number of rotatable bonds is 1. The van der Waals surface area contributed by atoms with E-state index in [9.17, 15) is 0 Å². The molecule has 4 heteroatoms. The van der Waals surface area contributed by atoms with Crippen molar-refractivity contribution in [1.29, 1.82) is 0 Å². The third-order valence-electron chi connectivity index (χ3n) is 2.42. The Kier molecular flexibility index (Phi) is 4.05. The molecule has 0 fully saturated rings. The molecule has 14 heavy (non-hydrogen) atoms. The fourth-order valence-electron chi connectivity index (χ4n) is 1.68. The Labute approximate surface area is 94.8 Å². The van der Waals surface area contributed by atoms with Crippen molar-refractivity contribution in [2.75, 3.05) is 13.2 Å². The number of hydrogen-bond acceptors (Lipinski definition) is 2. The maximum absolute atomic E-state index is 5.86. The van der Waals surface area contributed by atoms with Gasteiger partial charge < -0.3 is 10.5 Å². The van der Waals surface area contributed by atoms with Gasteiger partial charge in [0.2, 0.25) is 0 Å². The SMILES string of the molecule is Cl.NCC1CCOc2cc(Cl)ccc21. The van der Waals surface area contributed by atoms with Crippen LogP contribution in [0, 0.1) is 0 Å². The van der Waals surface area contributed by atoms with Crippen molar-refractivity contribution in [3.05, 3.63) is 28.8 Å². The number of benzene rings is 1. The lowest BCUT2D eigenvalue weighted by Gasteiger charge is -2.24. The number of hydrogen-bond donors (Lipinski definition) is 1. The molecule has 0 aliphatic carbocycles. The first-order valence-corrected chi connectivity index (χ1v) is 4.81. The molecule has 1 aliphatic rings. The largest absolute Gasteiger partial charge is 0.493 e. The molecule has 1 aromatic rings. The highest BCUT2D eigenvalue weighted by Gasteiger charge is 2.19. The summed E-state index contributed by atoms with van der Waals surface area (Å²) in [6.07, 6.45) is 1.01. The Morgan fingerprint density at radius 3 is 3.00 bits per heavy atom. The van der Waals surface area contributed by atoms with Gasteiger partial charge in [0.15, 0.2) is 0 Å². The second-order valence-electron chi connectivity index (χ2n) is 3.25. The van der Waals surface area contributed by atoms with Crippen molar-refractivity contribution in [2.45, 2.75) is 12.3 Å². The standard InChI is InChI=1S/C10H12ClNO.ClH/c11-8-1-2-9-7(6-12)3-4-13-10(9)5-8;/h1-2,5,7H,3-4,6,12H2;1H. The van der Waals surface area contributed by atoms with E-state index in [1.165, 1.54) is 5.56 Å². The van der Waals surface area contributed by atoms with E-state index in [1.807, 2.05) is 18.2 Å². The minimum atomic E-state index is 0. The number of nitrogens with two attached hydrogens (primary N) is 1. The van der Waals surface area contributed by atoms with Crippen LogP contribution in [0.1, 0.15) is 17.9 Å². The molecule has 0 bridgehead atoms. The first-order chi connectivity index (χ1) is 6.31. The second-order valence-corrected chi connectivity index (χ2v) is 3.69. The third kappa shape index (κ3) is 2.14. The summed E-state index contributed by atoms with van der Waals surface area (Å²) >= 11 is 5.86. The molecule has 1 aliphatic heterocycles. The highest BCUT2D eigenvalue weighted by molar-refractivity contribution is 6.30. The molecule has 0 saturated carbocycles. The summed E-state index contributed by atoms with van der Waals surface area (Å²) in [6.45, 7) is 1.42. The Morgan fingerprint density at radius 2 is 2.29 bits per heavy atom. The van der Waals surface area contributed by atoms with E-state index in [4.69, 9.17) is 22.1 Å². The van der Waals surface area contributed by atoms with Crippen LogP contribution in [0.4, 0.5) is 0 Å². The molecule has 0 aromatic heterocycles. The van der Waals surface area contributed by atoms with E-state index < -0.39 is 0 Å². The quantitative estimate of drug-likeness (QED) is 0.810. The maximum atomic E-state index is 5.86. The zero-order chi connectivity index (χ0) is 9.26. The van der Waals surface area contributed by atoms with Gasteiger partial charge in [-0.15, -0.1) is 12.4 Å². The molecule has 1 aromatic carbocycles. The third-order valence-corrected chi connectivity index (χ3v) is 2.66. The van der Waals surface area contributed by atoms with Crippen LogP contribution in [0.2, 0.25) is 5.02 Å². The molecular weight excluding hydrogens is 221 g/mol. The Morgan fingerprint density at radius 1 is 1.50 bits per heavy atom. The van der Waals surface area contributed by atoms with Gasteiger partial charge in [-0.2, -0.15) is 0 Å². The number of fused-ring (bicyclic) bond motifs is 1. The van der Waals surface area contributed by atoms with Crippen LogP contribution in [0.25, 0.3) is 0 Å². The fourth-order valence-corrected chi connectivity index (χ4v) is 1.84. The van der Waals surface area contributed by atoms with Crippen molar-refractivity contribution in [3.63, 3.8) is 0 Å². The minimum Gasteiger partial charge on any atom is -0.493 e. The van der Waals surface area contributed by atoms with Gasteiger partial charge in [0, 0.05) is 10.9 Å². The molecule has 0 amide bonds. The van der Waals surface area contributed by atoms with Crippen LogP contribution in [0.15, 0.2) is 18.2 Å². The molecule has 2 N–H and O–H groups in total. The van der Waals surface area contributed by atoms with Gasteiger partial charge >= 0.3 is 0 Å². The molecule has 2 nitrogen and oxygen atoms in total. The summed E-state index contributed by atoms with van der Waals surface area (Å²) in [5.74, 6) is 1.33. The molecule has 0 spiro atoms. The summed E-state index contributed by atoms with van der Waals surface area (Å²) in [4.78, 5) is 0. The van der Waals surface area contributed by atoms with Crippen LogP contribution in [0.5, 0.6) is 5.75 Å². The van der Waals surface area contributed by atoms with Crippen LogP contribution in [0.3, 0.4) is 0 Å². The van der Waals surface area contributed by atoms with Gasteiger partial charge in [-0.25, -0.2) is 0 Å². The number of ether oxygens (including phenoxy) is 1. The van der Waals surface area contributed by atoms with Crippen molar-refractivity contribution >= 4 is 24.0 Å². The van der Waals surface area contributed by atoms with E-state index in [0.29, 0.717) is 12.5 Å². The summed E-state index contributed by atoms with van der Waals surface area (Å²) in [5, 5.41) is 0.719. The molecule has 2 rings (SSSR count). The molecule has 78 valence electrons. The number of halogens is 2. The lowest BCUT2D eigenvalue weighted by atomic mass is 9.93. The van der Waals surface area contributed by atoms with Crippen LogP contribution in [-0.4, -0.2) is 13.2 Å². The van der Waals surface area contributed by atoms with E-state index in [1.54, 1.807) is 0 Å². The fraction of sp³-hybridized carbons (Fsp3) is 0.400. The zero-order valence-corrected chi connectivity index (χ0v) is 9.27. The second kappa shape index (κ2) is 4.87. The minimum absolute atomic E-state index is 0. The summed E-state index contributed by atoms with van der Waals surface area (Å²) in [6, 6.07) is 5.75. The molecule has 1 heterocycles. The average molecular weight is 234 g/mol. The van der Waals surface area contributed by atoms with Crippen LogP contribution >= 0.6 is 24.0 Å². The molecule has 1 unspecified atom stereocenters. The molecule has 0 radical (unpaired) electrons. The lowest BCUT2D eigenvalue weighted by molar-refractivity contribution is 0.269. The topological polar surface area (TPSA) is 35.2 Å². The highest BCUT2D eigenvalue weighted by Crippen LogP contribution is 2.34. The Bertz CT molecular complexity index is 317. The normalized spacial score (nSPS) is 19.1. The van der Waals surface area contributed by atoms with E-state index in [0.717, 1.165) is 23.8 Å². The first kappa shape index (κ1) is 11.6. The van der Waals surface area contributed by atoms with Crippen molar-refractivity contribution in [2.24, 2.45) is 5.73 Å². The van der Waals surface area contributed by atoms with Gasteiger partial charge in [0.05, 0.1) is 6.61 Å². The summed E-state index contributed by atoms with van der Waals surface area (Å²) in [7, 11) is 0. The average Bonchev–Trinajstić information content (AvgIpc) is 2.16.